The van der Waals surface area contributed by atoms with Crippen LogP contribution in [0.15, 0.2) is 146 Å². The van der Waals surface area contributed by atoms with Crippen molar-refractivity contribution in [3.8, 4) is 0 Å². The molecule has 0 unspecified atom stereocenters. The van der Waals surface area contributed by atoms with Crippen LogP contribution in [-0.2, 0) is 0 Å². The zero-order chi connectivity index (χ0) is 38.9. The van der Waals surface area contributed by atoms with Crippen LogP contribution in [0.5, 0.6) is 0 Å². The average Bonchev–Trinajstić information content (AvgIpc) is 3.20. The SMILES string of the molecule is Cc1cc(Nc2ccc3nc([18F])ccc3n2)ccn1.Cc1ccccc1Nc1ccc2nc([18F])ccc2n1.[18F]c1ccc2nc(Nc3ccccc3)ccc2n1. The monoisotopic (exact) mass is 743 g/mol. The molecule has 0 aliphatic rings. The summed E-state index contributed by atoms with van der Waals surface area (Å²) in [6.07, 6.45) is 1.73. The maximum Gasteiger partial charge on any atom is 0.213 e. The standard InChI is InChI=1S/C15H12FN3.C14H11FN4.C14H10FN3/c1-10-4-2-3-5-11(10)18-15-9-7-12-13(19-15)6-8-14(16)17-12;1-9-8-10(6-7-16-9)17-14-5-3-11-12(19-14)2-4-13(15)18-11;15-13-8-6-12-11(17-13)7-9-14(18-12)16-10-4-2-1-3-5-10/h2-9H,1H3,(H,18,19);2-8H,1H3,(H,16,17,19);1-9H,(H,16,18)/i16-1;2*15-1. The molecule has 0 fully saturated rings. The number of hydrogen-bond acceptors (Lipinski definition) is 10. The first-order valence-electron chi connectivity index (χ1n) is 17.4. The fourth-order valence-electron chi connectivity index (χ4n) is 5.45. The van der Waals surface area contributed by atoms with E-state index in [1.807, 2.05) is 80.6 Å². The van der Waals surface area contributed by atoms with Crippen molar-refractivity contribution in [2.24, 2.45) is 0 Å². The van der Waals surface area contributed by atoms with Crippen molar-refractivity contribution in [3.63, 3.8) is 0 Å². The molecule has 0 spiro atoms. The fourth-order valence-corrected chi connectivity index (χ4v) is 5.45. The lowest BCUT2D eigenvalue weighted by Crippen LogP contribution is -1.96. The Morgan fingerprint density at radius 1 is 0.393 bits per heavy atom. The molecular weight excluding hydrogens is 711 g/mol. The number of rotatable bonds is 6. The smallest absolute Gasteiger partial charge is 0.213 e. The van der Waals surface area contributed by atoms with Crippen LogP contribution in [-0.4, -0.2) is 34.9 Å². The Bertz CT molecular complexity index is 2770. The summed E-state index contributed by atoms with van der Waals surface area (Å²) in [6.45, 7) is 3.95. The second-order valence-electron chi connectivity index (χ2n) is 12.3. The summed E-state index contributed by atoms with van der Waals surface area (Å²) in [6, 6.07) is 40.9. The van der Waals surface area contributed by atoms with Crippen LogP contribution < -0.4 is 16.0 Å². The highest BCUT2D eigenvalue weighted by Crippen LogP contribution is 2.22. The highest BCUT2D eigenvalue weighted by molar-refractivity contribution is 5.78. The van der Waals surface area contributed by atoms with E-state index in [9.17, 15) is 13.2 Å². The van der Waals surface area contributed by atoms with Gasteiger partial charge in [-0.3, -0.25) is 4.98 Å². The van der Waals surface area contributed by atoms with E-state index in [0.717, 1.165) is 34.1 Å². The predicted molar refractivity (Wildman–Crippen MR) is 215 cm³/mol. The second kappa shape index (κ2) is 17.1. The number of aromatic nitrogens is 7. The number of fused-ring (bicyclic) bond motifs is 3. The highest BCUT2D eigenvalue weighted by Gasteiger charge is 2.05. The van der Waals surface area contributed by atoms with Crippen LogP contribution in [0.4, 0.5) is 47.7 Å². The van der Waals surface area contributed by atoms with Crippen LogP contribution >= 0.6 is 0 Å². The van der Waals surface area contributed by atoms with E-state index < -0.39 is 17.8 Å². The van der Waals surface area contributed by atoms with Crippen molar-refractivity contribution in [3.05, 3.63) is 175 Å². The number of aryl methyl sites for hydroxylation is 2. The molecule has 0 aliphatic heterocycles. The number of anilines is 6. The molecule has 0 saturated heterocycles. The largest absolute Gasteiger partial charge is 0.340 e. The summed E-state index contributed by atoms with van der Waals surface area (Å²) in [5, 5.41) is 9.60. The summed E-state index contributed by atoms with van der Waals surface area (Å²) < 4.78 is 38.9. The normalized spacial score (nSPS) is 10.6. The first kappa shape index (κ1) is 36.8. The van der Waals surface area contributed by atoms with Gasteiger partial charge in [-0.2, -0.15) is 13.2 Å². The number of hydrogen-bond donors (Lipinski definition) is 3. The van der Waals surface area contributed by atoms with E-state index in [2.05, 4.69) is 50.8 Å². The number of nitrogens with zero attached hydrogens (tertiary/aromatic N) is 7. The number of pyridine rings is 7. The molecule has 0 saturated carbocycles. The molecule has 3 N–H and O–H groups in total. The summed E-state index contributed by atoms with van der Waals surface area (Å²) in [7, 11) is 0. The Balaban J connectivity index is 0.000000129. The van der Waals surface area contributed by atoms with Crippen molar-refractivity contribution in [2.75, 3.05) is 16.0 Å². The molecule has 9 rings (SSSR count). The molecule has 0 radical (unpaired) electrons. The van der Waals surface area contributed by atoms with Gasteiger partial charge >= 0.3 is 0 Å². The highest BCUT2D eigenvalue weighted by atomic mass is 18.2. The van der Waals surface area contributed by atoms with Crippen molar-refractivity contribution >= 4 is 67.6 Å². The lowest BCUT2D eigenvalue weighted by Gasteiger charge is -2.08. The summed E-state index contributed by atoms with van der Waals surface area (Å²) in [5.74, 6) is 0.630. The Morgan fingerprint density at radius 2 is 0.821 bits per heavy atom. The Kier molecular flexibility index (Phi) is 11.2. The number of halogens is 3. The topological polar surface area (TPSA) is 126 Å². The maximum absolute atomic E-state index is 13.0. The van der Waals surface area contributed by atoms with Gasteiger partial charge in [0.05, 0.1) is 33.1 Å². The van der Waals surface area contributed by atoms with Crippen LogP contribution in [0.3, 0.4) is 0 Å². The van der Waals surface area contributed by atoms with E-state index in [1.54, 1.807) is 60.8 Å². The van der Waals surface area contributed by atoms with Gasteiger partial charge in [-0.05, 0) is 123 Å². The van der Waals surface area contributed by atoms with Crippen LogP contribution in [0.2, 0.25) is 0 Å². The summed E-state index contributed by atoms with van der Waals surface area (Å²) >= 11 is 0. The first-order chi connectivity index (χ1) is 27.2. The van der Waals surface area contributed by atoms with Crippen LogP contribution in [0.25, 0.3) is 33.1 Å². The molecule has 13 heteroatoms. The van der Waals surface area contributed by atoms with E-state index in [4.69, 9.17) is 0 Å². The third kappa shape index (κ3) is 9.71. The third-order valence-electron chi connectivity index (χ3n) is 8.15. The average molecular weight is 744 g/mol. The van der Waals surface area contributed by atoms with E-state index >= 15 is 0 Å². The van der Waals surface area contributed by atoms with Gasteiger partial charge < -0.3 is 16.0 Å². The zero-order valence-corrected chi connectivity index (χ0v) is 30.1. The van der Waals surface area contributed by atoms with Gasteiger partial charge in [0.1, 0.15) is 17.5 Å². The van der Waals surface area contributed by atoms with Crippen LogP contribution in [0.1, 0.15) is 11.3 Å². The summed E-state index contributed by atoms with van der Waals surface area (Å²) in [5.41, 5.74) is 8.56. The molecular formula is C43H33F3N10. The van der Waals surface area contributed by atoms with Crippen molar-refractivity contribution in [1.29, 1.82) is 0 Å². The molecule has 0 bridgehead atoms. The Morgan fingerprint density at radius 3 is 1.32 bits per heavy atom. The number of para-hydroxylation sites is 2. The molecule has 7 heterocycles. The van der Waals surface area contributed by atoms with E-state index in [1.165, 1.54) is 18.2 Å². The molecule has 0 atom stereocenters. The number of nitrogens with one attached hydrogen (secondary N) is 3. The van der Waals surface area contributed by atoms with Gasteiger partial charge in [0.25, 0.3) is 0 Å². The van der Waals surface area contributed by atoms with Gasteiger partial charge in [0.2, 0.25) is 17.8 Å². The quantitative estimate of drug-likeness (QED) is 0.142. The van der Waals surface area contributed by atoms with Crippen LogP contribution in [0, 0.1) is 31.7 Å². The van der Waals surface area contributed by atoms with Gasteiger partial charge in [-0.1, -0.05) is 36.4 Å². The molecule has 9 aromatic rings. The van der Waals surface area contributed by atoms with E-state index in [0.29, 0.717) is 44.7 Å². The van der Waals surface area contributed by atoms with Crippen molar-refractivity contribution in [1.82, 2.24) is 34.9 Å². The summed E-state index contributed by atoms with van der Waals surface area (Å²) in [4.78, 5) is 28.6. The predicted octanol–water partition coefficient (Wildman–Crippen LogP) is 10.5. The fraction of sp³-hybridized carbons (Fsp3) is 0.0465. The lowest BCUT2D eigenvalue weighted by molar-refractivity contribution is 0.588. The molecule has 56 heavy (non-hydrogen) atoms. The molecule has 2 aromatic carbocycles. The molecule has 0 amide bonds. The third-order valence-corrected chi connectivity index (χ3v) is 8.15. The maximum atomic E-state index is 13.0. The van der Waals surface area contributed by atoms with Gasteiger partial charge in [0.15, 0.2) is 0 Å². The lowest BCUT2D eigenvalue weighted by atomic mass is 10.2. The minimum Gasteiger partial charge on any atom is -0.340 e. The number of benzene rings is 2. The van der Waals surface area contributed by atoms with Gasteiger partial charge in [-0.25, -0.2) is 29.9 Å². The Hall–Kier alpha value is -7.54. The molecule has 0 aliphatic carbocycles. The second-order valence-corrected chi connectivity index (χ2v) is 12.3. The van der Waals surface area contributed by atoms with Crippen molar-refractivity contribution in [2.45, 2.75) is 13.8 Å². The minimum absolute atomic E-state index is 0.492. The first-order valence-corrected chi connectivity index (χ1v) is 17.4. The van der Waals surface area contributed by atoms with Gasteiger partial charge in [-0.15, -0.1) is 0 Å². The Labute approximate surface area is 319 Å². The molecule has 10 nitrogen and oxygen atoms in total. The minimum atomic E-state index is -0.500. The van der Waals surface area contributed by atoms with E-state index in [-0.39, 0.29) is 0 Å². The zero-order valence-electron chi connectivity index (χ0n) is 30.1. The van der Waals surface area contributed by atoms with Crippen molar-refractivity contribution < 1.29 is 13.2 Å². The molecule has 276 valence electrons. The van der Waals surface area contributed by atoms with Gasteiger partial charge in [0, 0.05) is 29.0 Å². The molecule has 7 aromatic heterocycles.